The van der Waals surface area contributed by atoms with E-state index in [-0.39, 0.29) is 5.91 Å². The second-order valence-electron chi connectivity index (χ2n) is 5.29. The minimum Gasteiger partial charge on any atom is -0.325 e. The molecule has 2 aromatic carbocycles. The number of rotatable bonds is 7. The van der Waals surface area contributed by atoms with Gasteiger partial charge in [0.15, 0.2) is 0 Å². The van der Waals surface area contributed by atoms with Gasteiger partial charge in [0.05, 0.1) is 11.4 Å². The fraction of sp³-hybridized carbons (Fsp3) is 0.278. The number of alkyl halides is 3. The smallest absolute Gasteiger partial charge is 0.325 e. The summed E-state index contributed by atoms with van der Waals surface area (Å²) in [5.74, 6) is -1.17. The zero-order valence-electron chi connectivity index (χ0n) is 13.0. The molecule has 0 saturated heterocycles. The van der Waals surface area contributed by atoms with Crippen molar-refractivity contribution >= 4 is 23.4 Å². The SMILES string of the molecule is O=C(CCCc1ccccc1)Nc1ccccc1SCC(F)(F)F. The summed E-state index contributed by atoms with van der Waals surface area (Å²) >= 11 is 0.677. The summed E-state index contributed by atoms with van der Waals surface area (Å²) in [7, 11) is 0. The van der Waals surface area contributed by atoms with E-state index in [1.165, 1.54) is 0 Å². The number of amides is 1. The largest absolute Gasteiger partial charge is 0.398 e. The lowest BCUT2D eigenvalue weighted by molar-refractivity contribution is -0.116. The molecule has 0 aliphatic rings. The molecular formula is C18H18F3NOS. The third-order valence-corrected chi connectivity index (χ3v) is 4.40. The van der Waals surface area contributed by atoms with Crippen LogP contribution in [0.1, 0.15) is 18.4 Å². The molecule has 2 aromatic rings. The number of carbonyl (C=O) groups is 1. The zero-order valence-corrected chi connectivity index (χ0v) is 13.8. The van der Waals surface area contributed by atoms with Crippen molar-refractivity contribution in [1.82, 2.24) is 0 Å². The standard InChI is InChI=1S/C18H18F3NOS/c19-18(20,21)13-24-16-11-5-4-10-15(16)22-17(23)12-6-9-14-7-2-1-3-8-14/h1-5,7-8,10-11H,6,9,12-13H2,(H,22,23). The van der Waals surface area contributed by atoms with Crippen LogP contribution in [-0.2, 0) is 11.2 Å². The normalized spacial score (nSPS) is 11.3. The Balaban J connectivity index is 1.85. The summed E-state index contributed by atoms with van der Waals surface area (Å²) in [5, 5.41) is 2.71. The molecule has 24 heavy (non-hydrogen) atoms. The Kier molecular flexibility index (Phi) is 6.73. The van der Waals surface area contributed by atoms with E-state index in [4.69, 9.17) is 0 Å². The second-order valence-corrected chi connectivity index (χ2v) is 6.30. The number of anilines is 1. The first-order valence-corrected chi connectivity index (χ1v) is 8.55. The summed E-state index contributed by atoms with van der Waals surface area (Å²) < 4.78 is 37.1. The van der Waals surface area contributed by atoms with Crippen molar-refractivity contribution in [2.24, 2.45) is 0 Å². The maximum absolute atomic E-state index is 12.4. The predicted molar refractivity (Wildman–Crippen MR) is 91.2 cm³/mol. The van der Waals surface area contributed by atoms with E-state index < -0.39 is 11.9 Å². The van der Waals surface area contributed by atoms with Crippen LogP contribution in [0.3, 0.4) is 0 Å². The molecule has 0 unspecified atom stereocenters. The number of nitrogens with one attached hydrogen (secondary N) is 1. The minimum atomic E-state index is -4.24. The third kappa shape index (κ3) is 6.66. The van der Waals surface area contributed by atoms with E-state index in [9.17, 15) is 18.0 Å². The minimum absolute atomic E-state index is 0.189. The van der Waals surface area contributed by atoms with Crippen molar-refractivity contribution in [3.63, 3.8) is 0 Å². The predicted octanol–water partition coefficient (Wildman–Crippen LogP) is 5.30. The van der Waals surface area contributed by atoms with Gasteiger partial charge in [-0.3, -0.25) is 4.79 Å². The van der Waals surface area contributed by atoms with Gasteiger partial charge in [-0.2, -0.15) is 13.2 Å². The number of halogens is 3. The summed E-state index contributed by atoms with van der Waals surface area (Å²) in [5.41, 5.74) is 1.59. The molecular weight excluding hydrogens is 335 g/mol. The van der Waals surface area contributed by atoms with E-state index in [0.717, 1.165) is 12.0 Å². The maximum atomic E-state index is 12.4. The van der Waals surface area contributed by atoms with Crippen LogP contribution in [0.4, 0.5) is 18.9 Å². The molecule has 0 spiro atoms. The molecule has 2 nitrogen and oxygen atoms in total. The molecule has 0 saturated carbocycles. The average Bonchev–Trinajstić information content (AvgIpc) is 2.54. The van der Waals surface area contributed by atoms with Crippen molar-refractivity contribution in [3.05, 3.63) is 60.2 Å². The zero-order chi connectivity index (χ0) is 17.4. The molecule has 0 aliphatic heterocycles. The van der Waals surface area contributed by atoms with Gasteiger partial charge < -0.3 is 5.32 Å². The highest BCUT2D eigenvalue weighted by Gasteiger charge is 2.27. The van der Waals surface area contributed by atoms with Crippen molar-refractivity contribution in [1.29, 1.82) is 0 Å². The Hall–Kier alpha value is -1.95. The number of aryl methyl sites for hydroxylation is 1. The Morgan fingerprint density at radius 2 is 1.67 bits per heavy atom. The molecule has 1 amide bonds. The second kappa shape index (κ2) is 8.78. The van der Waals surface area contributed by atoms with Gasteiger partial charge in [-0.05, 0) is 30.5 Å². The van der Waals surface area contributed by atoms with Gasteiger partial charge in [-0.15, -0.1) is 11.8 Å². The van der Waals surface area contributed by atoms with Crippen LogP contribution in [0.5, 0.6) is 0 Å². The van der Waals surface area contributed by atoms with Crippen LogP contribution < -0.4 is 5.32 Å². The van der Waals surface area contributed by atoms with Crippen molar-refractivity contribution in [2.45, 2.75) is 30.3 Å². The molecule has 0 radical (unpaired) electrons. The number of hydrogen-bond donors (Lipinski definition) is 1. The van der Waals surface area contributed by atoms with E-state index >= 15 is 0 Å². The van der Waals surface area contributed by atoms with E-state index in [2.05, 4.69) is 5.32 Å². The molecule has 2 rings (SSSR count). The Morgan fingerprint density at radius 3 is 2.38 bits per heavy atom. The monoisotopic (exact) mass is 353 g/mol. The lowest BCUT2D eigenvalue weighted by Gasteiger charge is -2.12. The lowest BCUT2D eigenvalue weighted by Crippen LogP contribution is -2.13. The molecule has 0 bridgehead atoms. The first-order valence-electron chi connectivity index (χ1n) is 7.56. The topological polar surface area (TPSA) is 29.1 Å². The average molecular weight is 353 g/mol. The molecule has 0 aliphatic carbocycles. The Labute approximate surface area is 143 Å². The van der Waals surface area contributed by atoms with Crippen LogP contribution in [-0.4, -0.2) is 17.8 Å². The molecule has 6 heteroatoms. The fourth-order valence-corrected chi connectivity index (χ4v) is 2.93. The fourth-order valence-electron chi connectivity index (χ4n) is 2.17. The molecule has 128 valence electrons. The third-order valence-electron chi connectivity index (χ3n) is 3.26. The highest BCUT2D eigenvalue weighted by atomic mass is 32.2. The Bertz CT molecular complexity index is 659. The number of carbonyl (C=O) groups excluding carboxylic acids is 1. The van der Waals surface area contributed by atoms with Gasteiger partial charge in [-0.1, -0.05) is 42.5 Å². The van der Waals surface area contributed by atoms with Crippen molar-refractivity contribution < 1.29 is 18.0 Å². The summed E-state index contributed by atoms with van der Waals surface area (Å²) in [6, 6.07) is 16.4. The van der Waals surface area contributed by atoms with Crippen molar-refractivity contribution in [3.8, 4) is 0 Å². The summed E-state index contributed by atoms with van der Waals surface area (Å²) in [4.78, 5) is 12.4. The number of hydrogen-bond acceptors (Lipinski definition) is 2. The van der Waals surface area contributed by atoms with Crippen LogP contribution >= 0.6 is 11.8 Å². The number of benzene rings is 2. The number of para-hydroxylation sites is 1. The van der Waals surface area contributed by atoms with Gasteiger partial charge in [0.25, 0.3) is 0 Å². The quantitative estimate of drug-likeness (QED) is 0.684. The Morgan fingerprint density at radius 1 is 1.00 bits per heavy atom. The van der Waals surface area contributed by atoms with Crippen LogP contribution in [0.2, 0.25) is 0 Å². The highest BCUT2D eigenvalue weighted by molar-refractivity contribution is 7.99. The van der Waals surface area contributed by atoms with Crippen LogP contribution in [0.15, 0.2) is 59.5 Å². The van der Waals surface area contributed by atoms with Crippen molar-refractivity contribution in [2.75, 3.05) is 11.1 Å². The van der Waals surface area contributed by atoms with Gasteiger partial charge in [0.1, 0.15) is 0 Å². The van der Waals surface area contributed by atoms with Gasteiger partial charge in [0, 0.05) is 11.3 Å². The summed E-state index contributed by atoms with van der Waals surface area (Å²) in [6.07, 6.45) is -2.43. The van der Waals surface area contributed by atoms with Crippen LogP contribution in [0.25, 0.3) is 0 Å². The maximum Gasteiger partial charge on any atom is 0.398 e. The van der Waals surface area contributed by atoms with Gasteiger partial charge >= 0.3 is 6.18 Å². The first-order chi connectivity index (χ1) is 11.4. The molecule has 1 N–H and O–H groups in total. The van der Waals surface area contributed by atoms with E-state index in [1.54, 1.807) is 24.3 Å². The lowest BCUT2D eigenvalue weighted by atomic mass is 10.1. The van der Waals surface area contributed by atoms with Crippen LogP contribution in [0, 0.1) is 0 Å². The van der Waals surface area contributed by atoms with Gasteiger partial charge in [0.2, 0.25) is 5.91 Å². The van der Waals surface area contributed by atoms with Gasteiger partial charge in [-0.25, -0.2) is 0 Å². The highest BCUT2D eigenvalue weighted by Crippen LogP contribution is 2.32. The van der Waals surface area contributed by atoms with E-state index in [1.807, 2.05) is 30.3 Å². The molecule has 0 atom stereocenters. The molecule has 0 aromatic heterocycles. The molecule has 0 fully saturated rings. The molecule has 0 heterocycles. The van der Waals surface area contributed by atoms with E-state index in [0.29, 0.717) is 35.2 Å². The number of thioether (sulfide) groups is 1. The summed E-state index contributed by atoms with van der Waals surface area (Å²) in [6.45, 7) is 0. The first kappa shape index (κ1) is 18.4.